The molecule has 2 atom stereocenters. The predicted octanol–water partition coefficient (Wildman–Crippen LogP) is 14.5. The van der Waals surface area contributed by atoms with Crippen LogP contribution in [0.2, 0.25) is 0 Å². The van der Waals surface area contributed by atoms with Gasteiger partial charge in [0.05, 0.1) is 6.04 Å². The smallest absolute Gasteiger partial charge is 0.143 e. The van der Waals surface area contributed by atoms with E-state index in [0.29, 0.717) is 5.92 Å². The number of allylic oxidation sites excluding steroid dienone is 9. The number of rotatable bonds is 6. The van der Waals surface area contributed by atoms with Gasteiger partial charge in [-0.25, -0.2) is 0 Å². The second kappa shape index (κ2) is 13.4. The SMILES string of the molecule is CC1(C)C2=C(C=CC(N(C3=CCC(c4cccc(-c5ccccc5)c4)C=C3)C3=C(c4cccc5c4oc4c6ccccc6ccc54)C=CCC3)C2)c2ccccc21. The molecule has 0 fully saturated rings. The summed E-state index contributed by atoms with van der Waals surface area (Å²) in [6.45, 7) is 4.84. The summed E-state index contributed by atoms with van der Waals surface area (Å²) in [6, 6.07) is 48.7. The second-order valence-corrected chi connectivity index (χ2v) is 16.6. The Hall–Kier alpha value is -6.38. The van der Waals surface area contributed by atoms with Gasteiger partial charge in [-0.3, -0.25) is 0 Å². The van der Waals surface area contributed by atoms with Crippen molar-refractivity contribution in [3.8, 4) is 11.1 Å². The van der Waals surface area contributed by atoms with Crippen LogP contribution >= 0.6 is 0 Å². The zero-order valence-electron chi connectivity index (χ0n) is 32.6. The van der Waals surface area contributed by atoms with Crippen LogP contribution in [0.25, 0.3) is 55.0 Å². The molecule has 1 aromatic heterocycles. The minimum atomic E-state index is -0.0292. The van der Waals surface area contributed by atoms with Crippen LogP contribution in [0.5, 0.6) is 0 Å². The molecule has 0 radical (unpaired) electrons. The average molecular weight is 736 g/mol. The normalized spacial score (nSPS) is 19.7. The van der Waals surface area contributed by atoms with E-state index in [9.17, 15) is 0 Å². The Bertz CT molecular complexity index is 2940. The molecule has 0 saturated carbocycles. The molecule has 1 heterocycles. The van der Waals surface area contributed by atoms with Gasteiger partial charge in [-0.2, -0.15) is 0 Å². The van der Waals surface area contributed by atoms with Gasteiger partial charge in [0.15, 0.2) is 0 Å². The molecule has 0 bridgehead atoms. The zero-order valence-corrected chi connectivity index (χ0v) is 32.6. The first kappa shape index (κ1) is 33.9. The third kappa shape index (κ3) is 5.53. The van der Waals surface area contributed by atoms with Crippen molar-refractivity contribution in [2.45, 2.75) is 56.9 Å². The molecule has 0 aliphatic heterocycles. The number of para-hydroxylation sites is 1. The van der Waals surface area contributed by atoms with Gasteiger partial charge in [-0.05, 0) is 82.2 Å². The molecule has 0 N–H and O–H groups in total. The van der Waals surface area contributed by atoms with Gasteiger partial charge in [-0.1, -0.05) is 178 Å². The lowest BCUT2D eigenvalue weighted by Crippen LogP contribution is -2.36. The molecule has 7 aromatic rings. The fraction of sp³-hybridized carbons (Fsp3) is 0.164. The molecule has 2 nitrogen and oxygen atoms in total. The minimum Gasteiger partial charge on any atom is -0.455 e. The number of hydrogen-bond donors (Lipinski definition) is 0. The summed E-state index contributed by atoms with van der Waals surface area (Å²) in [5.74, 6) is 0.317. The van der Waals surface area contributed by atoms with Crippen LogP contribution < -0.4 is 0 Å². The third-order valence-electron chi connectivity index (χ3n) is 13.1. The van der Waals surface area contributed by atoms with Crippen molar-refractivity contribution in [1.29, 1.82) is 0 Å². The fourth-order valence-electron chi connectivity index (χ4n) is 10.2. The van der Waals surface area contributed by atoms with Crippen LogP contribution in [0.3, 0.4) is 0 Å². The summed E-state index contributed by atoms with van der Waals surface area (Å²) >= 11 is 0. The number of hydrogen-bond acceptors (Lipinski definition) is 2. The molecule has 0 spiro atoms. The van der Waals surface area contributed by atoms with E-state index in [4.69, 9.17) is 4.42 Å². The molecule has 6 aromatic carbocycles. The van der Waals surface area contributed by atoms with Crippen LogP contribution in [0.15, 0.2) is 197 Å². The molecule has 0 saturated heterocycles. The van der Waals surface area contributed by atoms with E-state index >= 15 is 0 Å². The van der Waals surface area contributed by atoms with Gasteiger partial charge in [0.2, 0.25) is 0 Å². The fourth-order valence-corrected chi connectivity index (χ4v) is 10.2. The molecule has 11 rings (SSSR count). The summed E-state index contributed by atoms with van der Waals surface area (Å²) in [6.07, 6.45) is 20.9. The van der Waals surface area contributed by atoms with Gasteiger partial charge < -0.3 is 9.32 Å². The first-order chi connectivity index (χ1) is 28.0. The number of nitrogens with zero attached hydrogens (tertiary/aromatic N) is 1. The quantitative estimate of drug-likeness (QED) is 0.169. The predicted molar refractivity (Wildman–Crippen MR) is 239 cm³/mol. The highest BCUT2D eigenvalue weighted by molar-refractivity contribution is 6.16. The summed E-state index contributed by atoms with van der Waals surface area (Å²) in [5, 5.41) is 4.69. The highest BCUT2D eigenvalue weighted by Crippen LogP contribution is 2.52. The number of fused-ring (bicyclic) bond motifs is 7. The largest absolute Gasteiger partial charge is 0.455 e. The Morgan fingerprint density at radius 1 is 0.632 bits per heavy atom. The Morgan fingerprint density at radius 3 is 2.30 bits per heavy atom. The maximum Gasteiger partial charge on any atom is 0.143 e. The Kier molecular flexibility index (Phi) is 7.96. The van der Waals surface area contributed by atoms with Crippen molar-refractivity contribution in [2.24, 2.45) is 0 Å². The molecule has 4 aliphatic carbocycles. The van der Waals surface area contributed by atoms with E-state index in [1.165, 1.54) is 72.1 Å². The lowest BCUT2D eigenvalue weighted by molar-refractivity contribution is 0.345. The molecule has 276 valence electrons. The maximum atomic E-state index is 6.96. The summed E-state index contributed by atoms with van der Waals surface area (Å²) in [7, 11) is 0. The third-order valence-corrected chi connectivity index (χ3v) is 13.1. The van der Waals surface area contributed by atoms with Gasteiger partial charge in [0.25, 0.3) is 0 Å². The van der Waals surface area contributed by atoms with Crippen molar-refractivity contribution < 1.29 is 4.42 Å². The van der Waals surface area contributed by atoms with Crippen molar-refractivity contribution in [3.05, 3.63) is 215 Å². The van der Waals surface area contributed by atoms with Gasteiger partial charge in [0, 0.05) is 50.0 Å². The van der Waals surface area contributed by atoms with E-state index in [1.807, 2.05) is 0 Å². The summed E-state index contributed by atoms with van der Waals surface area (Å²) < 4.78 is 6.96. The van der Waals surface area contributed by atoms with E-state index in [0.717, 1.165) is 47.8 Å². The van der Waals surface area contributed by atoms with E-state index < -0.39 is 0 Å². The van der Waals surface area contributed by atoms with E-state index in [-0.39, 0.29) is 11.5 Å². The molecular formula is C55H45NO. The van der Waals surface area contributed by atoms with Gasteiger partial charge in [-0.15, -0.1) is 0 Å². The van der Waals surface area contributed by atoms with Crippen LogP contribution in [-0.2, 0) is 5.41 Å². The molecular weight excluding hydrogens is 691 g/mol. The van der Waals surface area contributed by atoms with E-state index in [2.05, 4.69) is 195 Å². The lowest BCUT2D eigenvalue weighted by atomic mass is 9.77. The maximum absolute atomic E-state index is 6.96. The monoisotopic (exact) mass is 735 g/mol. The average Bonchev–Trinajstić information content (AvgIpc) is 3.77. The van der Waals surface area contributed by atoms with Crippen LogP contribution in [0.4, 0.5) is 0 Å². The van der Waals surface area contributed by atoms with Gasteiger partial charge in [0.1, 0.15) is 11.2 Å². The Labute approximate surface area is 335 Å². The Morgan fingerprint density at radius 2 is 1.40 bits per heavy atom. The summed E-state index contributed by atoms with van der Waals surface area (Å²) in [5.41, 5.74) is 16.6. The Balaban J connectivity index is 1.03. The molecule has 2 unspecified atom stereocenters. The van der Waals surface area contributed by atoms with Crippen molar-refractivity contribution in [2.75, 3.05) is 0 Å². The number of furan rings is 1. The van der Waals surface area contributed by atoms with Crippen molar-refractivity contribution in [1.82, 2.24) is 4.90 Å². The van der Waals surface area contributed by atoms with E-state index in [1.54, 1.807) is 0 Å². The highest BCUT2D eigenvalue weighted by atomic mass is 16.3. The standard InChI is InChI=1S/C55H45NO/c1-55(2)50-24-10-8-20-44(50)45-33-31-42(35-51(45)55)56(41-29-26-37(27-30-41)40-18-12-17-39(34-40)36-14-4-3-5-15-36)52-25-11-9-21-46(52)47-22-13-23-48-49-32-28-38-16-6-7-19-43(38)53(49)57-54(47)48/h3-10,12-24,26,28-34,37,42H,11,25,27,35H2,1-2H3. The van der Waals surface area contributed by atoms with Crippen LogP contribution in [0.1, 0.15) is 67.7 Å². The molecule has 2 heteroatoms. The number of benzene rings is 6. The first-order valence-corrected chi connectivity index (χ1v) is 20.6. The first-order valence-electron chi connectivity index (χ1n) is 20.6. The zero-order chi connectivity index (χ0) is 38.1. The van der Waals surface area contributed by atoms with Crippen molar-refractivity contribution in [3.63, 3.8) is 0 Å². The van der Waals surface area contributed by atoms with Crippen LogP contribution in [-0.4, -0.2) is 10.9 Å². The molecule has 0 amide bonds. The highest BCUT2D eigenvalue weighted by Gasteiger charge is 2.41. The van der Waals surface area contributed by atoms with Gasteiger partial charge >= 0.3 is 0 Å². The van der Waals surface area contributed by atoms with Crippen molar-refractivity contribution >= 4 is 43.9 Å². The lowest BCUT2D eigenvalue weighted by Gasteiger charge is -2.41. The summed E-state index contributed by atoms with van der Waals surface area (Å²) in [4.78, 5) is 2.70. The second-order valence-electron chi connectivity index (χ2n) is 16.6. The van der Waals surface area contributed by atoms with Crippen LogP contribution in [0, 0.1) is 0 Å². The topological polar surface area (TPSA) is 16.4 Å². The molecule has 57 heavy (non-hydrogen) atoms. The minimum absolute atomic E-state index is 0.0292. The molecule has 4 aliphatic rings.